The van der Waals surface area contributed by atoms with Crippen LogP contribution in [-0.4, -0.2) is 11.3 Å². The van der Waals surface area contributed by atoms with Crippen LogP contribution in [-0.2, 0) is 0 Å². The smallest absolute Gasteiger partial charge is 0.142 e. The Labute approximate surface area is 69.9 Å². The molecule has 1 aromatic carbocycles. The second-order valence-electron chi connectivity index (χ2n) is 2.33. The highest BCUT2D eigenvalue weighted by Gasteiger charge is 2.03. The first-order valence-electron chi connectivity index (χ1n) is 3.14. The van der Waals surface area contributed by atoms with Crippen molar-refractivity contribution in [2.75, 3.05) is 0 Å². The zero-order valence-electron chi connectivity index (χ0n) is 6.06. The van der Waals surface area contributed by atoms with Crippen molar-refractivity contribution in [3.8, 4) is 5.75 Å². The summed E-state index contributed by atoms with van der Waals surface area (Å²) in [4.78, 5) is 0. The van der Waals surface area contributed by atoms with E-state index >= 15 is 0 Å². The van der Waals surface area contributed by atoms with Crippen LogP contribution >= 0.6 is 11.6 Å². The Morgan fingerprint density at radius 2 is 2.18 bits per heavy atom. The number of aryl methyl sites for hydroxylation is 1. The van der Waals surface area contributed by atoms with Crippen LogP contribution in [0.1, 0.15) is 11.1 Å². The third-order valence-corrected chi connectivity index (χ3v) is 1.68. The lowest BCUT2D eigenvalue weighted by molar-refractivity contribution is 0.474. The second kappa shape index (κ2) is 2.93. The molecule has 0 radical (unpaired) electrons. The van der Waals surface area contributed by atoms with Gasteiger partial charge in [-0.2, -0.15) is 0 Å². The molecule has 0 aliphatic carbocycles. The summed E-state index contributed by atoms with van der Waals surface area (Å²) in [5, 5.41) is 16.5. The van der Waals surface area contributed by atoms with Crippen LogP contribution in [0.15, 0.2) is 12.1 Å². The van der Waals surface area contributed by atoms with Crippen LogP contribution in [0.3, 0.4) is 0 Å². The Hall–Kier alpha value is -1.02. The van der Waals surface area contributed by atoms with E-state index in [9.17, 15) is 5.11 Å². The summed E-state index contributed by atoms with van der Waals surface area (Å²) in [6, 6.07) is 3.36. The van der Waals surface area contributed by atoms with Gasteiger partial charge in [0.25, 0.3) is 0 Å². The summed E-state index contributed by atoms with van der Waals surface area (Å²) >= 11 is 5.64. The van der Waals surface area contributed by atoms with Crippen molar-refractivity contribution in [2.24, 2.45) is 0 Å². The van der Waals surface area contributed by atoms with Gasteiger partial charge < -0.3 is 10.5 Å². The zero-order chi connectivity index (χ0) is 8.43. The topological polar surface area (TPSA) is 44.1 Å². The SMILES string of the molecule is Cc1cc(Cl)c(O)c(C=N)c1. The number of hydrogen-bond donors (Lipinski definition) is 2. The number of phenolic OH excluding ortho intramolecular Hbond substituents is 1. The molecule has 11 heavy (non-hydrogen) atoms. The molecule has 0 saturated heterocycles. The van der Waals surface area contributed by atoms with Gasteiger partial charge >= 0.3 is 0 Å². The highest BCUT2D eigenvalue weighted by Crippen LogP contribution is 2.27. The lowest BCUT2D eigenvalue weighted by Gasteiger charge is -2.01. The zero-order valence-corrected chi connectivity index (χ0v) is 6.81. The van der Waals surface area contributed by atoms with E-state index in [1.54, 1.807) is 12.1 Å². The van der Waals surface area contributed by atoms with Crippen molar-refractivity contribution >= 4 is 17.8 Å². The quantitative estimate of drug-likeness (QED) is 0.623. The molecule has 0 bridgehead atoms. The minimum absolute atomic E-state index is 0.0210. The molecule has 0 atom stereocenters. The summed E-state index contributed by atoms with van der Waals surface area (Å²) < 4.78 is 0. The summed E-state index contributed by atoms with van der Waals surface area (Å²) in [5.41, 5.74) is 1.39. The summed E-state index contributed by atoms with van der Waals surface area (Å²) in [6.07, 6.45) is 1.08. The Balaban J connectivity index is 3.35. The summed E-state index contributed by atoms with van der Waals surface area (Å²) in [6.45, 7) is 1.86. The third kappa shape index (κ3) is 1.52. The minimum Gasteiger partial charge on any atom is -0.506 e. The van der Waals surface area contributed by atoms with Crippen LogP contribution in [0.2, 0.25) is 5.02 Å². The number of rotatable bonds is 1. The van der Waals surface area contributed by atoms with E-state index in [0.717, 1.165) is 11.8 Å². The average molecular weight is 170 g/mol. The van der Waals surface area contributed by atoms with Crippen LogP contribution < -0.4 is 0 Å². The predicted octanol–water partition coefficient (Wildman–Crippen LogP) is 2.35. The fourth-order valence-electron chi connectivity index (χ4n) is 0.871. The Kier molecular flexibility index (Phi) is 2.15. The first kappa shape index (κ1) is 8.08. The first-order chi connectivity index (χ1) is 5.15. The van der Waals surface area contributed by atoms with E-state index in [1.807, 2.05) is 6.92 Å². The van der Waals surface area contributed by atoms with Crippen LogP contribution in [0.25, 0.3) is 0 Å². The molecule has 58 valence electrons. The van der Waals surface area contributed by atoms with Crippen molar-refractivity contribution in [1.82, 2.24) is 0 Å². The molecule has 0 aliphatic heterocycles. The standard InChI is InChI=1S/C8H8ClNO/c1-5-2-6(4-10)8(11)7(9)3-5/h2-4,10-11H,1H3. The lowest BCUT2D eigenvalue weighted by Crippen LogP contribution is -1.83. The van der Waals surface area contributed by atoms with Gasteiger partial charge in [0, 0.05) is 11.8 Å². The molecule has 0 amide bonds. The molecule has 0 saturated carbocycles. The van der Waals surface area contributed by atoms with Gasteiger partial charge in [-0.1, -0.05) is 11.6 Å². The molecular weight excluding hydrogens is 162 g/mol. The molecule has 1 rings (SSSR count). The van der Waals surface area contributed by atoms with Crippen LogP contribution in [0.4, 0.5) is 0 Å². The largest absolute Gasteiger partial charge is 0.506 e. The van der Waals surface area contributed by atoms with Gasteiger partial charge in [-0.25, -0.2) is 0 Å². The maximum atomic E-state index is 9.24. The van der Waals surface area contributed by atoms with Gasteiger partial charge in [0.15, 0.2) is 0 Å². The van der Waals surface area contributed by atoms with Crippen molar-refractivity contribution < 1.29 is 5.11 Å². The van der Waals surface area contributed by atoms with E-state index in [0.29, 0.717) is 10.6 Å². The lowest BCUT2D eigenvalue weighted by atomic mass is 10.1. The van der Waals surface area contributed by atoms with Gasteiger partial charge in [0.2, 0.25) is 0 Å². The number of nitrogens with one attached hydrogen (secondary N) is 1. The van der Waals surface area contributed by atoms with Crippen LogP contribution in [0, 0.1) is 12.3 Å². The third-order valence-electron chi connectivity index (χ3n) is 1.39. The van der Waals surface area contributed by atoms with Gasteiger partial charge in [0.1, 0.15) is 5.75 Å². The molecule has 0 fully saturated rings. The van der Waals surface area contributed by atoms with Crippen LogP contribution in [0.5, 0.6) is 5.75 Å². The Bertz CT molecular complexity index is 296. The fraction of sp³-hybridized carbons (Fsp3) is 0.125. The number of hydrogen-bond acceptors (Lipinski definition) is 2. The normalized spacial score (nSPS) is 9.64. The van der Waals surface area contributed by atoms with Crippen molar-refractivity contribution in [1.29, 1.82) is 5.41 Å². The van der Waals surface area contributed by atoms with Gasteiger partial charge in [0.05, 0.1) is 5.02 Å². The van der Waals surface area contributed by atoms with E-state index in [1.165, 1.54) is 0 Å². The molecule has 3 heteroatoms. The maximum Gasteiger partial charge on any atom is 0.142 e. The van der Waals surface area contributed by atoms with Gasteiger partial charge in [-0.15, -0.1) is 0 Å². The van der Waals surface area contributed by atoms with Crippen molar-refractivity contribution in [3.63, 3.8) is 0 Å². The minimum atomic E-state index is -0.0210. The van der Waals surface area contributed by atoms with Gasteiger partial charge in [-0.05, 0) is 24.6 Å². The van der Waals surface area contributed by atoms with E-state index in [4.69, 9.17) is 17.0 Å². The maximum absolute atomic E-state index is 9.24. The first-order valence-corrected chi connectivity index (χ1v) is 3.52. The van der Waals surface area contributed by atoms with Gasteiger partial charge in [-0.3, -0.25) is 0 Å². The molecule has 1 aromatic rings. The van der Waals surface area contributed by atoms with E-state index < -0.39 is 0 Å². The monoisotopic (exact) mass is 169 g/mol. The Morgan fingerprint density at radius 3 is 2.73 bits per heavy atom. The number of halogens is 1. The molecule has 0 aliphatic rings. The van der Waals surface area contributed by atoms with E-state index in [-0.39, 0.29) is 5.75 Å². The second-order valence-corrected chi connectivity index (χ2v) is 2.74. The highest BCUT2D eigenvalue weighted by atomic mass is 35.5. The predicted molar refractivity (Wildman–Crippen MR) is 45.7 cm³/mol. The molecule has 0 unspecified atom stereocenters. The summed E-state index contributed by atoms with van der Waals surface area (Å²) in [7, 11) is 0. The molecular formula is C8H8ClNO. The molecule has 0 heterocycles. The Morgan fingerprint density at radius 1 is 1.55 bits per heavy atom. The average Bonchev–Trinajstić information content (AvgIpc) is 1.96. The van der Waals surface area contributed by atoms with Crippen molar-refractivity contribution in [3.05, 3.63) is 28.3 Å². The molecule has 2 N–H and O–H groups in total. The number of aromatic hydroxyl groups is 1. The summed E-state index contributed by atoms with van der Waals surface area (Å²) in [5.74, 6) is -0.0210. The molecule has 0 aromatic heterocycles. The molecule has 2 nitrogen and oxygen atoms in total. The fourth-order valence-corrected chi connectivity index (χ4v) is 1.15. The number of phenols is 1. The van der Waals surface area contributed by atoms with Crippen molar-refractivity contribution in [2.45, 2.75) is 6.92 Å². The molecule has 0 spiro atoms. The highest BCUT2D eigenvalue weighted by molar-refractivity contribution is 6.32. The number of benzene rings is 1. The van der Waals surface area contributed by atoms with E-state index in [2.05, 4.69) is 0 Å².